The lowest BCUT2D eigenvalue weighted by Gasteiger charge is -2.24. The highest BCUT2D eigenvalue weighted by Gasteiger charge is 2.26. The number of benzene rings is 2. The summed E-state index contributed by atoms with van der Waals surface area (Å²) in [7, 11) is 0. The summed E-state index contributed by atoms with van der Waals surface area (Å²) in [5.74, 6) is 0.327. The molecule has 2 aromatic rings. The summed E-state index contributed by atoms with van der Waals surface area (Å²) in [6, 6.07) is 12.7. The van der Waals surface area contributed by atoms with E-state index >= 15 is 0 Å². The molecule has 0 radical (unpaired) electrons. The second-order valence-electron chi connectivity index (χ2n) is 6.78. The molecule has 5 nitrogen and oxygen atoms in total. The highest BCUT2D eigenvalue weighted by atomic mass is 35.5. The van der Waals surface area contributed by atoms with Crippen molar-refractivity contribution in [2.24, 2.45) is 5.92 Å². The number of hydrogen-bond donors (Lipinski definition) is 2. The molecule has 1 heterocycles. The van der Waals surface area contributed by atoms with Crippen LogP contribution in [0.1, 0.15) is 28.8 Å². The van der Waals surface area contributed by atoms with Crippen LogP contribution in [0.4, 0.5) is 5.69 Å². The van der Waals surface area contributed by atoms with Crippen LogP contribution in [0.2, 0.25) is 5.02 Å². The second kappa shape index (κ2) is 7.00. The van der Waals surface area contributed by atoms with Gasteiger partial charge in [-0.15, -0.1) is 0 Å². The first-order valence-corrected chi connectivity index (χ1v) is 9.09. The molecule has 26 heavy (non-hydrogen) atoms. The molecular weight excluding hydrogens is 352 g/mol. The molecule has 2 N–H and O–H groups in total. The van der Waals surface area contributed by atoms with E-state index in [1.165, 1.54) is 0 Å². The van der Waals surface area contributed by atoms with Gasteiger partial charge in [0.1, 0.15) is 12.4 Å². The number of nitrogens with one attached hydrogen (secondary N) is 2. The van der Waals surface area contributed by atoms with Crippen molar-refractivity contribution < 1.29 is 14.3 Å². The van der Waals surface area contributed by atoms with Crippen molar-refractivity contribution in [1.29, 1.82) is 0 Å². The molecule has 0 aromatic heterocycles. The molecule has 4 rings (SSSR count). The predicted octanol–water partition coefficient (Wildman–Crippen LogP) is 3.42. The van der Waals surface area contributed by atoms with Crippen molar-refractivity contribution in [3.8, 4) is 5.75 Å². The van der Waals surface area contributed by atoms with Crippen LogP contribution in [0.3, 0.4) is 0 Å². The summed E-state index contributed by atoms with van der Waals surface area (Å²) in [5, 5.41) is 6.47. The maximum absolute atomic E-state index is 12.5. The molecular formula is C20H19ClN2O3. The van der Waals surface area contributed by atoms with Crippen LogP contribution >= 0.6 is 11.6 Å². The molecule has 2 aliphatic rings. The number of carbonyl (C=O) groups is 2. The highest BCUT2D eigenvalue weighted by molar-refractivity contribution is 6.30. The van der Waals surface area contributed by atoms with Gasteiger partial charge in [0.15, 0.2) is 0 Å². The topological polar surface area (TPSA) is 67.4 Å². The van der Waals surface area contributed by atoms with E-state index in [-0.39, 0.29) is 17.7 Å². The van der Waals surface area contributed by atoms with Gasteiger partial charge in [-0.05, 0) is 67.3 Å². The van der Waals surface area contributed by atoms with E-state index in [1.54, 1.807) is 30.3 Å². The van der Waals surface area contributed by atoms with Crippen molar-refractivity contribution in [2.75, 3.05) is 11.9 Å². The summed E-state index contributed by atoms with van der Waals surface area (Å²) in [5.41, 5.74) is 2.20. The molecule has 1 saturated carbocycles. The number of carbonyl (C=O) groups excluding carboxylic acids is 2. The number of fused-ring (bicyclic) bond motifs is 1. The molecule has 0 bridgehead atoms. The van der Waals surface area contributed by atoms with Gasteiger partial charge >= 0.3 is 0 Å². The maximum Gasteiger partial charge on any atom is 0.251 e. The fraction of sp³-hybridized carbons (Fsp3) is 0.300. The molecule has 1 fully saturated rings. The van der Waals surface area contributed by atoms with Crippen molar-refractivity contribution in [3.05, 3.63) is 58.6 Å². The van der Waals surface area contributed by atoms with Crippen LogP contribution in [0, 0.1) is 5.92 Å². The van der Waals surface area contributed by atoms with Gasteiger partial charge in [-0.1, -0.05) is 11.6 Å². The Morgan fingerprint density at radius 1 is 1.08 bits per heavy atom. The van der Waals surface area contributed by atoms with E-state index in [4.69, 9.17) is 16.3 Å². The standard InChI is InChI=1S/C20H19ClN2O3/c21-15-3-8-18-13(10-15)9-14(11-26-18)20(25)23-16-4-1-12(2-5-16)19(24)22-17-6-7-17/h1-5,8,10,14,17H,6-7,9,11H2,(H,22,24)(H,23,25)/t14-/m0/s1. The Morgan fingerprint density at radius 2 is 1.85 bits per heavy atom. The molecule has 134 valence electrons. The lowest BCUT2D eigenvalue weighted by Crippen LogP contribution is -2.32. The second-order valence-corrected chi connectivity index (χ2v) is 7.21. The first kappa shape index (κ1) is 16.9. The van der Waals surface area contributed by atoms with E-state index < -0.39 is 0 Å². The van der Waals surface area contributed by atoms with Crippen LogP contribution < -0.4 is 15.4 Å². The fourth-order valence-corrected chi connectivity index (χ4v) is 3.17. The molecule has 1 atom stereocenters. The largest absolute Gasteiger partial charge is 0.492 e. The SMILES string of the molecule is O=C(NC1CC1)c1ccc(NC(=O)[C@@H]2COc3ccc(Cl)cc3C2)cc1. The highest BCUT2D eigenvalue weighted by Crippen LogP contribution is 2.30. The number of amides is 2. The van der Waals surface area contributed by atoms with Gasteiger partial charge < -0.3 is 15.4 Å². The summed E-state index contributed by atoms with van der Waals surface area (Å²) in [4.78, 5) is 24.5. The van der Waals surface area contributed by atoms with Gasteiger partial charge in [0, 0.05) is 22.3 Å². The Labute approximate surface area is 156 Å². The molecule has 6 heteroatoms. The zero-order chi connectivity index (χ0) is 18.1. The Hall–Kier alpha value is -2.53. The predicted molar refractivity (Wildman–Crippen MR) is 99.7 cm³/mol. The number of rotatable bonds is 4. The minimum atomic E-state index is -0.279. The van der Waals surface area contributed by atoms with Gasteiger partial charge in [-0.2, -0.15) is 0 Å². The van der Waals surface area contributed by atoms with Crippen LogP contribution in [0.5, 0.6) is 5.75 Å². The van der Waals surface area contributed by atoms with Gasteiger partial charge in [0.2, 0.25) is 5.91 Å². The Kier molecular flexibility index (Phi) is 4.55. The van der Waals surface area contributed by atoms with Crippen molar-refractivity contribution >= 4 is 29.1 Å². The smallest absolute Gasteiger partial charge is 0.251 e. The van der Waals surface area contributed by atoms with Crippen LogP contribution in [0.15, 0.2) is 42.5 Å². The van der Waals surface area contributed by atoms with Crippen LogP contribution in [-0.2, 0) is 11.2 Å². The van der Waals surface area contributed by atoms with E-state index in [1.807, 2.05) is 12.1 Å². The van der Waals surface area contributed by atoms with E-state index in [9.17, 15) is 9.59 Å². The van der Waals surface area contributed by atoms with Gasteiger partial charge in [-0.25, -0.2) is 0 Å². The molecule has 1 aliphatic heterocycles. The zero-order valence-corrected chi connectivity index (χ0v) is 14.9. The van der Waals surface area contributed by atoms with Gasteiger partial charge in [0.05, 0.1) is 5.92 Å². The normalized spacial score (nSPS) is 18.4. The minimum absolute atomic E-state index is 0.0699. The number of anilines is 1. The van der Waals surface area contributed by atoms with Gasteiger partial charge in [0.25, 0.3) is 5.91 Å². The Balaban J connectivity index is 1.38. The third-order valence-electron chi connectivity index (χ3n) is 4.63. The fourth-order valence-electron chi connectivity index (χ4n) is 2.98. The van der Waals surface area contributed by atoms with Crippen molar-refractivity contribution in [3.63, 3.8) is 0 Å². The molecule has 0 unspecified atom stereocenters. The van der Waals surface area contributed by atoms with Crippen LogP contribution in [0.25, 0.3) is 0 Å². The molecule has 1 aliphatic carbocycles. The zero-order valence-electron chi connectivity index (χ0n) is 14.1. The quantitative estimate of drug-likeness (QED) is 0.866. The molecule has 2 aromatic carbocycles. The molecule has 2 amide bonds. The Morgan fingerprint density at radius 3 is 2.58 bits per heavy atom. The minimum Gasteiger partial charge on any atom is -0.492 e. The lowest BCUT2D eigenvalue weighted by molar-refractivity contribution is -0.121. The third-order valence-corrected chi connectivity index (χ3v) is 4.86. The van der Waals surface area contributed by atoms with Gasteiger partial charge in [-0.3, -0.25) is 9.59 Å². The average molecular weight is 371 g/mol. The Bertz CT molecular complexity index is 847. The monoisotopic (exact) mass is 370 g/mol. The summed E-state index contributed by atoms with van der Waals surface area (Å²) < 4.78 is 5.67. The summed E-state index contributed by atoms with van der Waals surface area (Å²) in [6.07, 6.45) is 2.69. The first-order chi connectivity index (χ1) is 12.6. The van der Waals surface area contributed by atoms with E-state index in [2.05, 4.69) is 10.6 Å². The summed E-state index contributed by atoms with van der Waals surface area (Å²) in [6.45, 7) is 0.336. The maximum atomic E-state index is 12.5. The molecule has 0 saturated heterocycles. The number of ether oxygens (including phenoxy) is 1. The number of hydrogen-bond acceptors (Lipinski definition) is 3. The van der Waals surface area contributed by atoms with E-state index in [0.29, 0.717) is 35.3 Å². The van der Waals surface area contributed by atoms with Crippen LogP contribution in [-0.4, -0.2) is 24.5 Å². The third kappa shape index (κ3) is 3.83. The van der Waals surface area contributed by atoms with Crippen molar-refractivity contribution in [2.45, 2.75) is 25.3 Å². The van der Waals surface area contributed by atoms with Crippen molar-refractivity contribution in [1.82, 2.24) is 5.32 Å². The lowest BCUT2D eigenvalue weighted by atomic mass is 9.96. The summed E-state index contributed by atoms with van der Waals surface area (Å²) >= 11 is 6.02. The molecule has 0 spiro atoms. The van der Waals surface area contributed by atoms with E-state index in [0.717, 1.165) is 24.2 Å². The number of halogens is 1. The first-order valence-electron chi connectivity index (χ1n) is 8.71. The average Bonchev–Trinajstić information content (AvgIpc) is 3.45.